The van der Waals surface area contributed by atoms with Crippen LogP contribution >= 0.6 is 11.3 Å². The predicted octanol–water partition coefficient (Wildman–Crippen LogP) is 4.21. The first kappa shape index (κ1) is 18.1. The van der Waals surface area contributed by atoms with Gasteiger partial charge in [0.05, 0.1) is 17.8 Å². The molecule has 0 aliphatic heterocycles. The molecule has 1 heterocycles. The van der Waals surface area contributed by atoms with Gasteiger partial charge in [0.25, 0.3) is 0 Å². The van der Waals surface area contributed by atoms with Crippen LogP contribution < -0.4 is 10.1 Å². The predicted molar refractivity (Wildman–Crippen MR) is 101 cm³/mol. The Morgan fingerprint density at radius 1 is 1.19 bits per heavy atom. The number of hydrogen-bond acceptors (Lipinski definition) is 4. The van der Waals surface area contributed by atoms with Crippen molar-refractivity contribution in [2.75, 3.05) is 7.11 Å². The second-order valence-electron chi connectivity index (χ2n) is 5.72. The fraction of sp³-hybridized carbons (Fsp3) is 0.200. The summed E-state index contributed by atoms with van der Waals surface area (Å²) in [6.07, 6.45) is 0.883. The third-order valence-corrected chi connectivity index (χ3v) is 4.85. The molecule has 0 unspecified atom stereocenters. The van der Waals surface area contributed by atoms with Gasteiger partial charge in [-0.25, -0.2) is 9.37 Å². The number of carbonyl (C=O) groups excluding carboxylic acids is 1. The molecular formula is C20H19FN2O2S. The van der Waals surface area contributed by atoms with Gasteiger partial charge in [-0.2, -0.15) is 0 Å². The van der Waals surface area contributed by atoms with E-state index in [9.17, 15) is 9.18 Å². The maximum absolute atomic E-state index is 13.5. The van der Waals surface area contributed by atoms with Crippen molar-refractivity contribution >= 4 is 17.2 Å². The van der Waals surface area contributed by atoms with Gasteiger partial charge in [-0.3, -0.25) is 4.79 Å². The molecule has 6 heteroatoms. The van der Waals surface area contributed by atoms with E-state index in [1.165, 1.54) is 17.4 Å². The van der Waals surface area contributed by atoms with Crippen molar-refractivity contribution in [3.05, 3.63) is 70.3 Å². The lowest BCUT2D eigenvalue weighted by Gasteiger charge is -2.05. The zero-order chi connectivity index (χ0) is 18.4. The number of aromatic nitrogens is 1. The van der Waals surface area contributed by atoms with E-state index in [0.717, 1.165) is 22.0 Å². The van der Waals surface area contributed by atoms with Crippen molar-refractivity contribution in [3.8, 4) is 17.0 Å². The summed E-state index contributed by atoms with van der Waals surface area (Å²) in [5.41, 5.74) is 2.38. The molecule has 0 spiro atoms. The largest absolute Gasteiger partial charge is 0.497 e. The minimum absolute atomic E-state index is 0.116. The second kappa shape index (κ2) is 8.58. The van der Waals surface area contributed by atoms with Crippen molar-refractivity contribution in [2.45, 2.75) is 19.4 Å². The second-order valence-corrected chi connectivity index (χ2v) is 6.67. The van der Waals surface area contributed by atoms with Gasteiger partial charge in [0.1, 0.15) is 11.6 Å². The maximum atomic E-state index is 13.5. The van der Waals surface area contributed by atoms with Crippen LogP contribution in [-0.4, -0.2) is 18.0 Å². The molecule has 2 aromatic carbocycles. The van der Waals surface area contributed by atoms with Crippen LogP contribution in [0.15, 0.2) is 53.9 Å². The Morgan fingerprint density at radius 2 is 1.96 bits per heavy atom. The maximum Gasteiger partial charge on any atom is 0.220 e. The summed E-state index contributed by atoms with van der Waals surface area (Å²) in [6, 6.07) is 14.1. The lowest BCUT2D eigenvalue weighted by molar-refractivity contribution is -0.121. The van der Waals surface area contributed by atoms with E-state index in [1.807, 2.05) is 29.6 Å². The fourth-order valence-corrected chi connectivity index (χ4v) is 3.27. The Morgan fingerprint density at radius 3 is 2.69 bits per heavy atom. The van der Waals surface area contributed by atoms with E-state index in [2.05, 4.69) is 10.3 Å². The summed E-state index contributed by atoms with van der Waals surface area (Å²) in [4.78, 5) is 16.6. The van der Waals surface area contributed by atoms with Crippen LogP contribution in [0.5, 0.6) is 5.75 Å². The minimum atomic E-state index is -0.308. The highest BCUT2D eigenvalue weighted by Crippen LogP contribution is 2.24. The van der Waals surface area contributed by atoms with Crippen molar-refractivity contribution < 1.29 is 13.9 Å². The molecule has 0 fully saturated rings. The molecule has 4 nitrogen and oxygen atoms in total. The van der Waals surface area contributed by atoms with Crippen LogP contribution in [0.1, 0.15) is 17.0 Å². The number of halogens is 1. The number of hydrogen-bond donors (Lipinski definition) is 1. The summed E-state index contributed by atoms with van der Waals surface area (Å²) in [6.45, 7) is 0.195. The standard InChI is InChI=1S/C20H19FN2O2S/c1-25-16-8-6-14(7-9-16)18-13-26-20(23-18)11-10-19(24)22-12-15-4-2-3-5-17(15)21/h2-9,13H,10-12H2,1H3,(H,22,24). The van der Waals surface area contributed by atoms with E-state index in [-0.39, 0.29) is 18.3 Å². The highest BCUT2D eigenvalue weighted by molar-refractivity contribution is 7.09. The molecule has 1 aromatic heterocycles. The molecule has 26 heavy (non-hydrogen) atoms. The van der Waals surface area contributed by atoms with Crippen LogP contribution in [0, 0.1) is 5.82 Å². The number of nitrogens with one attached hydrogen (secondary N) is 1. The average Bonchev–Trinajstić information content (AvgIpc) is 3.15. The Balaban J connectivity index is 1.51. The first-order valence-electron chi connectivity index (χ1n) is 8.24. The average molecular weight is 370 g/mol. The molecule has 0 radical (unpaired) electrons. The molecular weight excluding hydrogens is 351 g/mol. The van der Waals surface area contributed by atoms with Crippen molar-refractivity contribution in [1.82, 2.24) is 10.3 Å². The lowest BCUT2D eigenvalue weighted by Crippen LogP contribution is -2.23. The van der Waals surface area contributed by atoms with Crippen molar-refractivity contribution in [1.29, 1.82) is 0 Å². The summed E-state index contributed by atoms with van der Waals surface area (Å²) in [7, 11) is 1.63. The van der Waals surface area contributed by atoms with Gasteiger partial charge in [-0.05, 0) is 30.3 Å². The Kier molecular flexibility index (Phi) is 5.96. The molecule has 1 N–H and O–H groups in total. The summed E-state index contributed by atoms with van der Waals surface area (Å²) in [5.74, 6) is 0.377. The quantitative estimate of drug-likeness (QED) is 0.678. The number of amides is 1. The molecule has 134 valence electrons. The summed E-state index contributed by atoms with van der Waals surface area (Å²) < 4.78 is 18.7. The Labute approximate surface area is 155 Å². The topological polar surface area (TPSA) is 51.2 Å². The van der Waals surface area contributed by atoms with Crippen molar-refractivity contribution in [2.24, 2.45) is 0 Å². The first-order valence-corrected chi connectivity index (χ1v) is 9.12. The molecule has 3 aromatic rings. The van der Waals surface area contributed by atoms with E-state index in [0.29, 0.717) is 18.4 Å². The monoisotopic (exact) mass is 370 g/mol. The molecule has 3 rings (SSSR count). The molecule has 0 aliphatic rings. The van der Waals surface area contributed by atoms with Gasteiger partial charge in [0.15, 0.2) is 0 Å². The smallest absolute Gasteiger partial charge is 0.220 e. The van der Waals surface area contributed by atoms with Gasteiger partial charge >= 0.3 is 0 Å². The Hall–Kier alpha value is -2.73. The molecule has 0 aliphatic carbocycles. The number of carbonyl (C=O) groups is 1. The van der Waals surface area contributed by atoms with Gasteiger partial charge in [-0.1, -0.05) is 18.2 Å². The molecule has 0 saturated heterocycles. The van der Waals surface area contributed by atoms with Gasteiger partial charge in [-0.15, -0.1) is 11.3 Å². The number of aryl methyl sites for hydroxylation is 1. The van der Waals surface area contributed by atoms with Crippen LogP contribution in [0.25, 0.3) is 11.3 Å². The van der Waals surface area contributed by atoms with E-state index in [1.54, 1.807) is 25.3 Å². The number of benzene rings is 2. The highest BCUT2D eigenvalue weighted by Gasteiger charge is 2.09. The third kappa shape index (κ3) is 4.67. The normalized spacial score (nSPS) is 10.5. The van der Waals surface area contributed by atoms with Crippen LogP contribution in [0.3, 0.4) is 0 Å². The SMILES string of the molecule is COc1ccc(-c2csc(CCC(=O)NCc3ccccc3F)n2)cc1. The van der Waals surface area contributed by atoms with E-state index in [4.69, 9.17) is 4.74 Å². The summed E-state index contributed by atoms with van der Waals surface area (Å²) in [5, 5.41) is 5.63. The fourth-order valence-electron chi connectivity index (χ4n) is 2.46. The van der Waals surface area contributed by atoms with Crippen LogP contribution in [0.2, 0.25) is 0 Å². The number of rotatable bonds is 7. The first-order chi connectivity index (χ1) is 12.7. The third-order valence-electron chi connectivity index (χ3n) is 3.94. The highest BCUT2D eigenvalue weighted by atomic mass is 32.1. The molecule has 1 amide bonds. The van der Waals surface area contributed by atoms with Gasteiger partial charge < -0.3 is 10.1 Å². The number of nitrogens with zero attached hydrogens (tertiary/aromatic N) is 1. The van der Waals surface area contributed by atoms with Crippen LogP contribution in [0.4, 0.5) is 4.39 Å². The van der Waals surface area contributed by atoms with Crippen LogP contribution in [-0.2, 0) is 17.8 Å². The molecule has 0 bridgehead atoms. The van der Waals surface area contributed by atoms with Gasteiger partial charge in [0.2, 0.25) is 5.91 Å². The minimum Gasteiger partial charge on any atom is -0.497 e. The van der Waals surface area contributed by atoms with E-state index < -0.39 is 0 Å². The number of ether oxygens (including phenoxy) is 1. The number of thiazole rings is 1. The Bertz CT molecular complexity index is 878. The van der Waals surface area contributed by atoms with E-state index >= 15 is 0 Å². The van der Waals surface area contributed by atoms with Gasteiger partial charge in [0, 0.05) is 35.9 Å². The zero-order valence-electron chi connectivity index (χ0n) is 14.4. The molecule has 0 saturated carbocycles. The number of methoxy groups -OCH3 is 1. The summed E-state index contributed by atoms with van der Waals surface area (Å²) >= 11 is 1.53. The molecule has 0 atom stereocenters. The van der Waals surface area contributed by atoms with Crippen molar-refractivity contribution in [3.63, 3.8) is 0 Å². The lowest BCUT2D eigenvalue weighted by atomic mass is 10.2. The zero-order valence-corrected chi connectivity index (χ0v) is 15.2.